The predicted molar refractivity (Wildman–Crippen MR) is 84.9 cm³/mol. The molecule has 1 aromatic rings. The molecule has 25 heavy (non-hydrogen) atoms. The number of carbonyl (C=O) groups is 3. The molecule has 1 unspecified atom stereocenters. The van der Waals surface area contributed by atoms with Gasteiger partial charge in [-0.1, -0.05) is 6.92 Å². The van der Waals surface area contributed by atoms with Crippen molar-refractivity contribution >= 4 is 23.6 Å². The maximum absolute atomic E-state index is 12.3. The highest BCUT2D eigenvalue weighted by Gasteiger charge is 2.19. The number of nitrogens with two attached hydrogens (primary N) is 1. The van der Waals surface area contributed by atoms with E-state index in [0.29, 0.717) is 0 Å². The molecule has 1 aromatic carbocycles. The second-order valence-corrected chi connectivity index (χ2v) is 5.33. The molecule has 0 aliphatic heterocycles. The number of ether oxygens (including phenoxy) is 1. The quantitative estimate of drug-likeness (QED) is 0.651. The molecule has 0 aliphatic rings. The van der Waals surface area contributed by atoms with Crippen molar-refractivity contribution in [1.29, 1.82) is 0 Å². The van der Waals surface area contributed by atoms with Gasteiger partial charge in [0.15, 0.2) is 0 Å². The molecule has 0 aromatic heterocycles. The van der Waals surface area contributed by atoms with E-state index in [4.69, 9.17) is 15.6 Å². The Hall–Kier alpha value is -2.91. The van der Waals surface area contributed by atoms with Crippen molar-refractivity contribution in [3.63, 3.8) is 0 Å². The van der Waals surface area contributed by atoms with Gasteiger partial charge >= 0.3 is 12.0 Å². The van der Waals surface area contributed by atoms with Gasteiger partial charge in [0.25, 0.3) is 6.43 Å². The van der Waals surface area contributed by atoms with Crippen molar-refractivity contribution in [3.05, 3.63) is 23.8 Å². The van der Waals surface area contributed by atoms with Crippen molar-refractivity contribution in [2.24, 2.45) is 11.7 Å². The van der Waals surface area contributed by atoms with E-state index in [2.05, 4.69) is 5.32 Å². The summed E-state index contributed by atoms with van der Waals surface area (Å²) in [4.78, 5) is 35.3. The first kappa shape index (κ1) is 20.1. The van der Waals surface area contributed by atoms with Gasteiger partial charge in [-0.2, -0.15) is 0 Å². The fourth-order valence-corrected chi connectivity index (χ4v) is 1.84. The summed E-state index contributed by atoms with van der Waals surface area (Å²) in [6, 6.07) is 3.00. The Bertz CT molecular complexity index is 654. The number of carboxylic acids is 1. The highest BCUT2D eigenvalue weighted by atomic mass is 19.3. The molecule has 1 rings (SSSR count). The van der Waals surface area contributed by atoms with Crippen LogP contribution in [-0.2, 0) is 4.79 Å². The van der Waals surface area contributed by atoms with Crippen LogP contribution in [0.4, 0.5) is 19.3 Å². The molecule has 0 fully saturated rings. The maximum Gasteiger partial charge on any atom is 0.321 e. The molecule has 0 spiro atoms. The van der Waals surface area contributed by atoms with Crippen LogP contribution in [-0.4, -0.2) is 54.5 Å². The van der Waals surface area contributed by atoms with Crippen LogP contribution in [0, 0.1) is 5.92 Å². The van der Waals surface area contributed by atoms with E-state index in [-0.39, 0.29) is 23.5 Å². The molecular formula is C15H19F2N3O5. The molecular weight excluding hydrogens is 340 g/mol. The van der Waals surface area contributed by atoms with E-state index in [0.717, 1.165) is 4.90 Å². The third kappa shape index (κ3) is 6.24. The third-order valence-electron chi connectivity index (χ3n) is 3.19. The van der Waals surface area contributed by atoms with Crippen LogP contribution in [0.25, 0.3) is 0 Å². The molecule has 0 saturated carbocycles. The summed E-state index contributed by atoms with van der Waals surface area (Å²) in [7, 11) is 1.37. The van der Waals surface area contributed by atoms with Gasteiger partial charge in [0, 0.05) is 19.2 Å². The predicted octanol–water partition coefficient (Wildman–Crippen LogP) is 1.61. The summed E-state index contributed by atoms with van der Waals surface area (Å²) in [6.45, 7) is 0.450. The average molecular weight is 359 g/mol. The van der Waals surface area contributed by atoms with E-state index < -0.39 is 36.9 Å². The number of primary amides is 1. The molecule has 1 atom stereocenters. The number of hydrogen-bond acceptors (Lipinski definition) is 4. The Kier molecular flexibility index (Phi) is 7.09. The second-order valence-electron chi connectivity index (χ2n) is 5.33. The first-order valence-electron chi connectivity index (χ1n) is 7.21. The Labute approximate surface area is 142 Å². The normalized spacial score (nSPS) is 11.7. The standard InChI is InChI=1S/C15H19F2N3O5/c1-8(14(22)23)6-20(2)15(24)19-10-5-9(13(18)21)3-4-11(10)25-7-12(16)17/h3-5,8,12H,6-7H2,1-2H3,(H2,18,21)(H,19,24)(H,22,23). The number of anilines is 1. The minimum atomic E-state index is -2.72. The zero-order chi connectivity index (χ0) is 19.1. The van der Waals surface area contributed by atoms with Crippen LogP contribution in [0.2, 0.25) is 0 Å². The van der Waals surface area contributed by atoms with Crippen LogP contribution < -0.4 is 15.8 Å². The number of carbonyl (C=O) groups excluding carboxylic acids is 2. The zero-order valence-electron chi connectivity index (χ0n) is 13.7. The molecule has 0 heterocycles. The maximum atomic E-state index is 12.3. The highest BCUT2D eigenvalue weighted by Crippen LogP contribution is 2.26. The Morgan fingerprint density at radius 3 is 2.52 bits per heavy atom. The number of aliphatic carboxylic acids is 1. The molecule has 3 amide bonds. The number of urea groups is 1. The van der Waals surface area contributed by atoms with Crippen LogP contribution in [0.5, 0.6) is 5.75 Å². The number of hydrogen-bond donors (Lipinski definition) is 3. The number of rotatable bonds is 8. The molecule has 138 valence electrons. The average Bonchev–Trinajstić information content (AvgIpc) is 2.52. The summed E-state index contributed by atoms with van der Waals surface area (Å²) in [5.41, 5.74) is 5.17. The largest absolute Gasteiger partial charge is 0.485 e. The van der Waals surface area contributed by atoms with Gasteiger partial charge in [-0.25, -0.2) is 13.6 Å². The van der Waals surface area contributed by atoms with E-state index in [1.54, 1.807) is 0 Å². The number of benzene rings is 1. The van der Waals surface area contributed by atoms with Crippen LogP contribution >= 0.6 is 0 Å². The fourth-order valence-electron chi connectivity index (χ4n) is 1.84. The van der Waals surface area contributed by atoms with E-state index in [1.165, 1.54) is 32.2 Å². The number of halogens is 2. The minimum absolute atomic E-state index is 0.0308. The molecule has 4 N–H and O–H groups in total. The topological polar surface area (TPSA) is 122 Å². The van der Waals surface area contributed by atoms with Crippen molar-refractivity contribution in [1.82, 2.24) is 4.90 Å². The van der Waals surface area contributed by atoms with Gasteiger partial charge in [0.2, 0.25) is 5.91 Å². The van der Waals surface area contributed by atoms with Crippen molar-refractivity contribution in [2.45, 2.75) is 13.3 Å². The Morgan fingerprint density at radius 2 is 2.00 bits per heavy atom. The van der Waals surface area contributed by atoms with E-state index in [1.807, 2.05) is 0 Å². The molecule has 0 bridgehead atoms. The van der Waals surface area contributed by atoms with Crippen LogP contribution in [0.1, 0.15) is 17.3 Å². The fraction of sp³-hybridized carbons (Fsp3) is 0.400. The smallest absolute Gasteiger partial charge is 0.321 e. The van der Waals surface area contributed by atoms with E-state index in [9.17, 15) is 23.2 Å². The lowest BCUT2D eigenvalue weighted by Crippen LogP contribution is -2.36. The van der Waals surface area contributed by atoms with E-state index >= 15 is 0 Å². The first-order chi connectivity index (χ1) is 11.6. The van der Waals surface area contributed by atoms with Gasteiger partial charge in [0.1, 0.15) is 12.4 Å². The number of alkyl halides is 2. The summed E-state index contributed by atoms with van der Waals surface area (Å²) in [5, 5.41) is 11.3. The monoisotopic (exact) mass is 359 g/mol. The molecule has 0 aliphatic carbocycles. The number of nitrogens with one attached hydrogen (secondary N) is 1. The molecule has 8 nitrogen and oxygen atoms in total. The Balaban J connectivity index is 2.95. The highest BCUT2D eigenvalue weighted by molar-refractivity contribution is 5.97. The molecule has 0 radical (unpaired) electrons. The third-order valence-corrected chi connectivity index (χ3v) is 3.19. The number of carboxylic acid groups (broad SMARTS) is 1. The van der Waals surface area contributed by atoms with Gasteiger partial charge in [-0.15, -0.1) is 0 Å². The summed E-state index contributed by atoms with van der Waals surface area (Å²) < 4.78 is 29.5. The summed E-state index contributed by atoms with van der Waals surface area (Å²) >= 11 is 0. The summed E-state index contributed by atoms with van der Waals surface area (Å²) in [5.74, 6) is -2.72. The van der Waals surface area contributed by atoms with Crippen LogP contribution in [0.15, 0.2) is 18.2 Å². The van der Waals surface area contributed by atoms with Gasteiger partial charge in [0.05, 0.1) is 11.6 Å². The zero-order valence-corrected chi connectivity index (χ0v) is 13.7. The lowest BCUT2D eigenvalue weighted by atomic mass is 10.1. The Morgan fingerprint density at radius 1 is 1.36 bits per heavy atom. The van der Waals surface area contributed by atoms with Gasteiger partial charge in [-0.3, -0.25) is 9.59 Å². The number of amides is 3. The molecule has 10 heteroatoms. The number of nitrogens with zero attached hydrogens (tertiary/aromatic N) is 1. The minimum Gasteiger partial charge on any atom is -0.485 e. The lowest BCUT2D eigenvalue weighted by Gasteiger charge is -2.21. The van der Waals surface area contributed by atoms with Crippen molar-refractivity contribution in [2.75, 3.05) is 25.5 Å². The summed E-state index contributed by atoms with van der Waals surface area (Å²) in [6.07, 6.45) is -2.72. The van der Waals surface area contributed by atoms with Crippen molar-refractivity contribution < 1.29 is 33.0 Å². The first-order valence-corrected chi connectivity index (χ1v) is 7.21. The van der Waals surface area contributed by atoms with Crippen molar-refractivity contribution in [3.8, 4) is 5.75 Å². The van der Waals surface area contributed by atoms with Gasteiger partial charge in [-0.05, 0) is 18.2 Å². The van der Waals surface area contributed by atoms with Gasteiger partial charge < -0.3 is 25.8 Å². The molecule has 0 saturated heterocycles. The SMILES string of the molecule is CC(CN(C)C(=O)Nc1cc(C(N)=O)ccc1OCC(F)F)C(=O)O. The lowest BCUT2D eigenvalue weighted by molar-refractivity contribution is -0.141. The van der Waals surface area contributed by atoms with Crippen LogP contribution in [0.3, 0.4) is 0 Å². The second kappa shape index (κ2) is 8.81.